The van der Waals surface area contributed by atoms with Gasteiger partial charge in [-0.1, -0.05) is 194 Å². The molecule has 0 amide bonds. The quantitative estimate of drug-likeness (QED) is 0.144. The molecule has 8 heteroatoms. The molecule has 0 unspecified atom stereocenters. The van der Waals surface area contributed by atoms with Gasteiger partial charge < -0.3 is 27.0 Å². The van der Waals surface area contributed by atoms with E-state index in [9.17, 15) is 0 Å². The number of furan rings is 3. The average molecular weight is 1400 g/mol. The lowest BCUT2D eigenvalue weighted by Crippen LogP contribution is -1.98. The van der Waals surface area contributed by atoms with Crippen LogP contribution in [0.3, 0.4) is 0 Å². The van der Waals surface area contributed by atoms with Gasteiger partial charge in [-0.15, -0.1) is 0 Å². The van der Waals surface area contributed by atoms with E-state index in [0.29, 0.717) is 5.82 Å². The highest BCUT2D eigenvalue weighted by Crippen LogP contribution is 2.44. The molecule has 0 bridgehead atoms. The van der Waals surface area contributed by atoms with Crippen molar-refractivity contribution in [1.29, 1.82) is 0 Å². The van der Waals surface area contributed by atoms with Crippen molar-refractivity contribution in [2.75, 3.05) is 0 Å². The Balaban J connectivity index is 0.603. The van der Waals surface area contributed by atoms with E-state index in [0.717, 1.165) is 199 Å². The van der Waals surface area contributed by atoms with Crippen molar-refractivity contribution in [2.24, 2.45) is 0 Å². The average Bonchev–Trinajstić information content (AvgIpc) is 1.58. The summed E-state index contributed by atoms with van der Waals surface area (Å²) < 4.78 is 25.9. The minimum Gasteiger partial charge on any atom is -0.456 e. The molecular formula is C102H59N5O3. The molecule has 0 saturated carbocycles. The monoisotopic (exact) mass is 1400 g/mol. The molecule has 17 aromatic carbocycles. The summed E-state index contributed by atoms with van der Waals surface area (Å²) in [7, 11) is 0. The Morgan fingerprint density at radius 3 is 0.955 bits per heavy atom. The lowest BCUT2D eigenvalue weighted by molar-refractivity contribution is 0.668. The van der Waals surface area contributed by atoms with E-state index in [1.807, 2.05) is 36.4 Å². The summed E-state index contributed by atoms with van der Waals surface area (Å²) in [5.74, 6) is 0.655. The van der Waals surface area contributed by atoms with Crippen molar-refractivity contribution in [1.82, 2.24) is 23.7 Å². The third-order valence-corrected chi connectivity index (χ3v) is 23.0. The van der Waals surface area contributed by atoms with Crippen LogP contribution in [-0.4, -0.2) is 23.7 Å². The predicted molar refractivity (Wildman–Crippen MR) is 455 cm³/mol. The van der Waals surface area contributed by atoms with Gasteiger partial charge in [0.2, 0.25) is 0 Å². The van der Waals surface area contributed by atoms with Gasteiger partial charge in [0.05, 0.1) is 44.3 Å². The molecular weight excluding hydrogens is 1340 g/mol. The topological polar surface area (TPSA) is 80.0 Å². The maximum Gasteiger partial charge on any atom is 0.160 e. The zero-order valence-electron chi connectivity index (χ0n) is 59.0. The van der Waals surface area contributed by atoms with Crippen LogP contribution in [0.15, 0.2) is 371 Å². The molecule has 7 aromatic heterocycles. The SMILES string of the molecule is c1ccc2c(c1)oc1ccc(-c3ccc4c(c3)c3ccccc3n4-c3ccc(-c4ccc5nc(-c6ccc7cc(-n8c9ccccc9c9cc(-c%10ccc%11oc%12ccccc%12c%11c%10)ccc98)ccc7c6)nc(-c6ccc(-n7c8ccccc8c8cc(-c9ccc%10oc%11ccccc%11c%10c9)ccc87)cc6)c5c4)cc3)cc12. The maximum absolute atomic E-state index is 6.24. The molecule has 24 aromatic rings. The van der Waals surface area contributed by atoms with E-state index in [4.69, 9.17) is 23.2 Å². The summed E-state index contributed by atoms with van der Waals surface area (Å²) in [4.78, 5) is 11.1. The number of rotatable bonds is 9. The molecule has 0 radical (unpaired) electrons. The van der Waals surface area contributed by atoms with Crippen molar-refractivity contribution in [2.45, 2.75) is 0 Å². The molecule has 8 nitrogen and oxygen atoms in total. The minimum absolute atomic E-state index is 0.655. The van der Waals surface area contributed by atoms with Crippen LogP contribution in [0.2, 0.25) is 0 Å². The summed E-state index contributed by atoms with van der Waals surface area (Å²) in [6.07, 6.45) is 0. The van der Waals surface area contributed by atoms with Crippen LogP contribution in [-0.2, 0) is 0 Å². The molecule has 0 N–H and O–H groups in total. The first kappa shape index (κ1) is 60.4. The van der Waals surface area contributed by atoms with Gasteiger partial charge in [-0.3, -0.25) is 0 Å². The second-order valence-corrected chi connectivity index (χ2v) is 29.1. The van der Waals surface area contributed by atoms with Crippen molar-refractivity contribution >= 4 is 153 Å². The summed E-state index contributed by atoms with van der Waals surface area (Å²) in [6, 6.07) is 129. The van der Waals surface area contributed by atoms with Gasteiger partial charge in [-0.25, -0.2) is 9.97 Å². The number of nitrogens with zero attached hydrogens (tertiary/aromatic N) is 5. The van der Waals surface area contributed by atoms with E-state index in [1.165, 1.54) is 32.3 Å². The van der Waals surface area contributed by atoms with Gasteiger partial charge in [-0.05, 0) is 219 Å². The van der Waals surface area contributed by atoms with Crippen LogP contribution in [0.5, 0.6) is 0 Å². The molecule has 0 aliphatic heterocycles. The fraction of sp³-hybridized carbons (Fsp3) is 0. The normalized spacial score (nSPS) is 12.2. The molecule has 0 atom stereocenters. The number of hydrogen-bond acceptors (Lipinski definition) is 5. The highest BCUT2D eigenvalue weighted by Gasteiger charge is 2.22. The Morgan fingerprint density at radius 1 is 0.182 bits per heavy atom. The fourth-order valence-electron chi connectivity index (χ4n) is 17.7. The van der Waals surface area contributed by atoms with E-state index in [2.05, 4.69) is 335 Å². The minimum atomic E-state index is 0.655. The van der Waals surface area contributed by atoms with E-state index >= 15 is 0 Å². The van der Waals surface area contributed by atoms with Gasteiger partial charge in [0.25, 0.3) is 0 Å². The van der Waals surface area contributed by atoms with Crippen LogP contribution in [0.1, 0.15) is 0 Å². The van der Waals surface area contributed by atoms with E-state index < -0.39 is 0 Å². The molecule has 24 rings (SSSR count). The summed E-state index contributed by atoms with van der Waals surface area (Å²) in [6.45, 7) is 0. The summed E-state index contributed by atoms with van der Waals surface area (Å²) in [5, 5.41) is 17.1. The largest absolute Gasteiger partial charge is 0.456 e. The lowest BCUT2D eigenvalue weighted by atomic mass is 9.99. The maximum atomic E-state index is 6.24. The van der Waals surface area contributed by atoms with Crippen molar-refractivity contribution in [3.8, 4) is 84.2 Å². The molecule has 0 saturated heterocycles. The predicted octanol–water partition coefficient (Wildman–Crippen LogP) is 27.8. The van der Waals surface area contributed by atoms with Gasteiger partial charge in [0.1, 0.15) is 33.5 Å². The Labute approximate surface area is 628 Å². The number of para-hydroxylation sites is 6. The third kappa shape index (κ3) is 9.27. The molecule has 0 fully saturated rings. The zero-order valence-corrected chi connectivity index (χ0v) is 59.0. The second-order valence-electron chi connectivity index (χ2n) is 29.1. The van der Waals surface area contributed by atoms with Gasteiger partial charge >= 0.3 is 0 Å². The number of hydrogen-bond donors (Lipinski definition) is 0. The molecule has 110 heavy (non-hydrogen) atoms. The first-order valence-electron chi connectivity index (χ1n) is 37.4. The standard InChI is InChI=1S/C102H59N5O3/c1-7-19-89-75(13-1)81-53-65(68-36-48-98-84(56-68)78-16-4-10-22-95(78)108-98)33-45-92(81)105(89)72-39-27-60(28-40-72)64-32-44-88-87(59-64)101(61-29-41-73(42-30-61)106-90-20-8-2-14-76(90)82-54-66(34-46-93(82)106)69-37-49-99-85(57-69)79-17-5-11-23-96(79)109-99)104-102(103-88)71-26-25-63-52-74(43-31-62(63)51-71)107-91-21-9-3-15-77(91)83-55-67(35-47-94(83)107)70-38-50-100-86(58-70)80-18-6-12-24-97(80)110-100/h1-59H. The van der Waals surface area contributed by atoms with Crippen molar-refractivity contribution < 1.29 is 13.3 Å². The molecule has 0 aliphatic carbocycles. The third-order valence-electron chi connectivity index (χ3n) is 23.0. The van der Waals surface area contributed by atoms with Gasteiger partial charge in [-0.2, -0.15) is 0 Å². The Morgan fingerprint density at radius 2 is 0.491 bits per heavy atom. The Hall–Kier alpha value is -14.9. The van der Waals surface area contributed by atoms with E-state index in [-0.39, 0.29) is 0 Å². The fourth-order valence-corrected chi connectivity index (χ4v) is 17.7. The summed E-state index contributed by atoms with van der Waals surface area (Å²) in [5.41, 5.74) is 28.2. The van der Waals surface area contributed by atoms with Crippen LogP contribution in [0, 0.1) is 0 Å². The van der Waals surface area contributed by atoms with Crippen molar-refractivity contribution in [3.63, 3.8) is 0 Å². The zero-order chi connectivity index (χ0) is 71.8. The van der Waals surface area contributed by atoms with Gasteiger partial charge in [0.15, 0.2) is 5.82 Å². The molecule has 0 aliphatic rings. The van der Waals surface area contributed by atoms with Crippen LogP contribution in [0.4, 0.5) is 0 Å². The first-order chi connectivity index (χ1) is 54.4. The summed E-state index contributed by atoms with van der Waals surface area (Å²) >= 11 is 0. The number of fused-ring (bicyclic) bond motifs is 20. The second kappa shape index (κ2) is 23.3. The molecule has 0 spiro atoms. The van der Waals surface area contributed by atoms with Crippen molar-refractivity contribution in [3.05, 3.63) is 358 Å². The van der Waals surface area contributed by atoms with E-state index in [1.54, 1.807) is 0 Å². The first-order valence-corrected chi connectivity index (χ1v) is 37.4. The van der Waals surface area contributed by atoms with Gasteiger partial charge in [0, 0.05) is 98.2 Å². The highest BCUT2D eigenvalue weighted by molar-refractivity contribution is 6.16. The highest BCUT2D eigenvalue weighted by atomic mass is 16.3. The molecule has 7 heterocycles. The van der Waals surface area contributed by atoms with Crippen LogP contribution >= 0.6 is 0 Å². The number of aromatic nitrogens is 5. The number of benzene rings is 17. The lowest BCUT2D eigenvalue weighted by Gasteiger charge is -2.14. The van der Waals surface area contributed by atoms with Crippen LogP contribution < -0.4 is 0 Å². The Bertz CT molecular complexity index is 8040. The molecule has 510 valence electrons. The van der Waals surface area contributed by atoms with Crippen LogP contribution in [0.25, 0.3) is 237 Å². The smallest absolute Gasteiger partial charge is 0.160 e. The Kier molecular flexibility index (Phi) is 12.8.